The fourth-order valence-corrected chi connectivity index (χ4v) is 1.46. The van der Waals surface area contributed by atoms with Crippen LogP contribution in [0.15, 0.2) is 22.7 Å². The summed E-state index contributed by atoms with van der Waals surface area (Å²) in [6.07, 6.45) is -0.556. The molecule has 0 aliphatic carbocycles. The van der Waals surface area contributed by atoms with Crippen molar-refractivity contribution in [1.82, 2.24) is 0 Å². The lowest BCUT2D eigenvalue weighted by molar-refractivity contribution is 0.211. The second-order valence-electron chi connectivity index (χ2n) is 2.92. The molecule has 3 nitrogen and oxygen atoms in total. The molecule has 0 saturated carbocycles. The molecule has 1 atom stereocenters. The van der Waals surface area contributed by atoms with Crippen molar-refractivity contribution in [1.29, 1.82) is 0 Å². The summed E-state index contributed by atoms with van der Waals surface area (Å²) >= 11 is 8.77. The minimum Gasteiger partial charge on any atom is -0.397 e. The lowest BCUT2D eigenvalue weighted by Gasteiger charge is -2.12. The van der Waals surface area contributed by atoms with Crippen molar-refractivity contribution < 1.29 is 5.11 Å². The summed E-state index contributed by atoms with van der Waals surface area (Å²) in [5.74, 6) is 0.212. The van der Waals surface area contributed by atoms with Gasteiger partial charge in [-0.25, -0.2) is 0 Å². The molecule has 1 aromatic rings. The Labute approximate surface area is 96.4 Å². The number of anilines is 2. The number of hydrogen-bond acceptors (Lipinski definition) is 3. The van der Waals surface area contributed by atoms with Gasteiger partial charge in [0.1, 0.15) is 0 Å². The molecule has 0 aromatic heterocycles. The van der Waals surface area contributed by atoms with E-state index in [1.165, 1.54) is 0 Å². The maximum Gasteiger partial charge on any atom is 0.0847 e. The third-order valence-corrected chi connectivity index (χ3v) is 2.57. The summed E-state index contributed by atoms with van der Waals surface area (Å²) in [4.78, 5) is 0. The van der Waals surface area contributed by atoms with Crippen LogP contribution >= 0.6 is 27.5 Å². The van der Waals surface area contributed by atoms with Crippen molar-refractivity contribution in [3.63, 3.8) is 0 Å². The van der Waals surface area contributed by atoms with E-state index in [-0.39, 0.29) is 5.88 Å². The first kappa shape index (κ1) is 11.6. The molecule has 0 aliphatic rings. The zero-order chi connectivity index (χ0) is 10.6. The highest BCUT2D eigenvalue weighted by molar-refractivity contribution is 9.10. The smallest absolute Gasteiger partial charge is 0.0847 e. The summed E-state index contributed by atoms with van der Waals surface area (Å²) in [5, 5.41) is 12.2. The van der Waals surface area contributed by atoms with Crippen LogP contribution in [0, 0.1) is 0 Å². The van der Waals surface area contributed by atoms with Gasteiger partial charge in [0.2, 0.25) is 0 Å². The van der Waals surface area contributed by atoms with Gasteiger partial charge in [0.25, 0.3) is 0 Å². The summed E-state index contributed by atoms with van der Waals surface area (Å²) in [6.45, 7) is 0.398. The quantitative estimate of drug-likeness (QED) is 0.584. The number of nitrogens with one attached hydrogen (secondary N) is 1. The van der Waals surface area contributed by atoms with Crippen LogP contribution in [0.4, 0.5) is 11.4 Å². The standard InChI is InChI=1S/C9H12BrClN2O/c10-6-1-2-9(8(12)3-6)13-5-7(14)4-11/h1-3,7,13-14H,4-5,12H2. The molecule has 0 radical (unpaired) electrons. The number of rotatable bonds is 4. The third kappa shape index (κ3) is 3.36. The highest BCUT2D eigenvalue weighted by Crippen LogP contribution is 2.22. The Balaban J connectivity index is 2.59. The highest BCUT2D eigenvalue weighted by Gasteiger charge is 2.03. The average molecular weight is 280 g/mol. The van der Waals surface area contributed by atoms with E-state index in [4.69, 9.17) is 17.3 Å². The summed E-state index contributed by atoms with van der Waals surface area (Å²) in [5.41, 5.74) is 7.19. The topological polar surface area (TPSA) is 58.3 Å². The average Bonchev–Trinajstić information content (AvgIpc) is 2.16. The van der Waals surface area contributed by atoms with Crippen molar-refractivity contribution >= 4 is 38.9 Å². The molecule has 0 bridgehead atoms. The Morgan fingerprint density at radius 3 is 2.86 bits per heavy atom. The van der Waals surface area contributed by atoms with E-state index in [2.05, 4.69) is 21.2 Å². The Hall–Kier alpha value is -0.450. The van der Waals surface area contributed by atoms with E-state index < -0.39 is 6.10 Å². The SMILES string of the molecule is Nc1cc(Br)ccc1NCC(O)CCl. The van der Waals surface area contributed by atoms with Gasteiger partial charge in [-0.05, 0) is 18.2 Å². The fourth-order valence-electron chi connectivity index (χ4n) is 0.977. The molecule has 4 N–H and O–H groups in total. The fraction of sp³-hybridized carbons (Fsp3) is 0.333. The Morgan fingerprint density at radius 2 is 2.29 bits per heavy atom. The Morgan fingerprint density at radius 1 is 1.57 bits per heavy atom. The third-order valence-electron chi connectivity index (χ3n) is 1.72. The number of aliphatic hydroxyl groups excluding tert-OH is 1. The van der Waals surface area contributed by atoms with Crippen molar-refractivity contribution in [2.45, 2.75) is 6.10 Å². The normalized spacial score (nSPS) is 12.5. The molecule has 5 heteroatoms. The highest BCUT2D eigenvalue weighted by atomic mass is 79.9. The first-order valence-electron chi connectivity index (χ1n) is 4.16. The van der Waals surface area contributed by atoms with Crippen LogP contribution in [0.25, 0.3) is 0 Å². The Bertz CT molecular complexity index is 309. The second-order valence-corrected chi connectivity index (χ2v) is 4.14. The van der Waals surface area contributed by atoms with Crippen molar-refractivity contribution in [2.24, 2.45) is 0 Å². The van der Waals surface area contributed by atoms with Gasteiger partial charge in [0, 0.05) is 11.0 Å². The number of aliphatic hydroxyl groups is 1. The van der Waals surface area contributed by atoms with Gasteiger partial charge in [-0.15, -0.1) is 11.6 Å². The van der Waals surface area contributed by atoms with Crippen LogP contribution < -0.4 is 11.1 Å². The van der Waals surface area contributed by atoms with Gasteiger partial charge in [0.15, 0.2) is 0 Å². The number of benzene rings is 1. The first-order chi connectivity index (χ1) is 6.63. The minimum atomic E-state index is -0.556. The van der Waals surface area contributed by atoms with Gasteiger partial charge < -0.3 is 16.2 Å². The Kier molecular flexibility index (Phi) is 4.51. The molecule has 0 saturated heterocycles. The molecule has 0 aliphatic heterocycles. The lowest BCUT2D eigenvalue weighted by Crippen LogP contribution is -2.21. The second kappa shape index (κ2) is 5.44. The molecule has 0 fully saturated rings. The molecular weight excluding hydrogens is 267 g/mol. The number of halogens is 2. The van der Waals surface area contributed by atoms with Crippen LogP contribution in [0.5, 0.6) is 0 Å². The summed E-state index contributed by atoms with van der Waals surface area (Å²) in [7, 11) is 0. The molecule has 1 aromatic carbocycles. The van der Waals surface area contributed by atoms with Crippen LogP contribution in [-0.4, -0.2) is 23.6 Å². The van der Waals surface area contributed by atoms with Gasteiger partial charge in [0.05, 0.1) is 23.4 Å². The zero-order valence-corrected chi connectivity index (χ0v) is 9.85. The molecule has 78 valence electrons. The van der Waals surface area contributed by atoms with E-state index >= 15 is 0 Å². The number of nitrogen functional groups attached to an aromatic ring is 1. The predicted molar refractivity (Wildman–Crippen MR) is 63.8 cm³/mol. The van der Waals surface area contributed by atoms with Gasteiger partial charge in [-0.3, -0.25) is 0 Å². The molecule has 0 amide bonds. The molecule has 0 heterocycles. The van der Waals surface area contributed by atoms with Gasteiger partial charge in [-0.2, -0.15) is 0 Å². The lowest BCUT2D eigenvalue weighted by atomic mass is 10.2. The van der Waals surface area contributed by atoms with Crippen molar-refractivity contribution in [3.05, 3.63) is 22.7 Å². The van der Waals surface area contributed by atoms with Crippen LogP contribution in [0.1, 0.15) is 0 Å². The van der Waals surface area contributed by atoms with Crippen molar-refractivity contribution in [3.8, 4) is 0 Å². The van der Waals surface area contributed by atoms with E-state index in [1.54, 1.807) is 6.07 Å². The minimum absolute atomic E-state index is 0.212. The van der Waals surface area contributed by atoms with Gasteiger partial charge >= 0.3 is 0 Å². The van der Waals surface area contributed by atoms with E-state index in [9.17, 15) is 5.11 Å². The number of alkyl halides is 1. The largest absolute Gasteiger partial charge is 0.397 e. The molecule has 1 unspecified atom stereocenters. The predicted octanol–water partition coefficient (Wildman–Crippen LogP) is 2.04. The summed E-state index contributed by atoms with van der Waals surface area (Å²) in [6, 6.07) is 5.53. The van der Waals surface area contributed by atoms with Crippen LogP contribution in [-0.2, 0) is 0 Å². The summed E-state index contributed by atoms with van der Waals surface area (Å²) < 4.78 is 0.929. The van der Waals surface area contributed by atoms with Gasteiger partial charge in [-0.1, -0.05) is 15.9 Å². The zero-order valence-electron chi connectivity index (χ0n) is 7.50. The molecule has 0 spiro atoms. The molecule has 14 heavy (non-hydrogen) atoms. The molecular formula is C9H12BrClN2O. The van der Waals surface area contributed by atoms with Crippen molar-refractivity contribution in [2.75, 3.05) is 23.5 Å². The van der Waals surface area contributed by atoms with E-state index in [1.807, 2.05) is 12.1 Å². The van der Waals surface area contributed by atoms with E-state index in [0.717, 1.165) is 10.2 Å². The number of hydrogen-bond donors (Lipinski definition) is 3. The maximum absolute atomic E-state index is 9.22. The monoisotopic (exact) mass is 278 g/mol. The van der Waals surface area contributed by atoms with Crippen LogP contribution in [0.2, 0.25) is 0 Å². The van der Waals surface area contributed by atoms with E-state index in [0.29, 0.717) is 12.2 Å². The first-order valence-corrected chi connectivity index (χ1v) is 5.49. The maximum atomic E-state index is 9.22. The van der Waals surface area contributed by atoms with Crippen LogP contribution in [0.3, 0.4) is 0 Å². The molecule has 1 rings (SSSR count). The number of nitrogens with two attached hydrogens (primary N) is 1.